The number of H-pyrrole nitrogens is 1. The predicted molar refractivity (Wildman–Crippen MR) is 79.7 cm³/mol. The van der Waals surface area contributed by atoms with Crippen molar-refractivity contribution >= 4 is 34.2 Å². The summed E-state index contributed by atoms with van der Waals surface area (Å²) in [7, 11) is 0. The van der Waals surface area contributed by atoms with Crippen LogP contribution < -0.4 is 10.6 Å². The van der Waals surface area contributed by atoms with Crippen LogP contribution in [-0.2, 0) is 9.59 Å². The SMILES string of the molecule is O=C(Nc1ccc2nc[nH]c2c1)C(=O)Nc1ccc(F)cc1F. The molecule has 0 unspecified atom stereocenters. The molecule has 0 fully saturated rings. The van der Waals surface area contributed by atoms with Gasteiger partial charge in [-0.05, 0) is 30.3 Å². The molecule has 3 aromatic rings. The first-order valence-electron chi connectivity index (χ1n) is 6.53. The van der Waals surface area contributed by atoms with Crippen molar-refractivity contribution in [3.63, 3.8) is 0 Å². The van der Waals surface area contributed by atoms with Gasteiger partial charge < -0.3 is 15.6 Å². The van der Waals surface area contributed by atoms with E-state index in [-0.39, 0.29) is 5.69 Å². The molecule has 1 heterocycles. The van der Waals surface area contributed by atoms with Gasteiger partial charge in [0.25, 0.3) is 0 Å². The third kappa shape index (κ3) is 3.15. The molecular weight excluding hydrogens is 306 g/mol. The zero-order chi connectivity index (χ0) is 16.4. The number of benzene rings is 2. The molecule has 0 aliphatic rings. The largest absolute Gasteiger partial charge is 0.345 e. The summed E-state index contributed by atoms with van der Waals surface area (Å²) in [6, 6.07) is 7.47. The van der Waals surface area contributed by atoms with E-state index in [1.807, 2.05) is 0 Å². The van der Waals surface area contributed by atoms with Crippen LogP contribution >= 0.6 is 0 Å². The van der Waals surface area contributed by atoms with Gasteiger partial charge in [0.2, 0.25) is 0 Å². The highest BCUT2D eigenvalue weighted by atomic mass is 19.1. The Morgan fingerprint density at radius 3 is 2.57 bits per heavy atom. The monoisotopic (exact) mass is 316 g/mol. The molecule has 0 aliphatic carbocycles. The average Bonchev–Trinajstić information content (AvgIpc) is 2.97. The predicted octanol–water partition coefficient (Wildman–Crippen LogP) is 2.42. The van der Waals surface area contributed by atoms with E-state index in [1.165, 1.54) is 6.33 Å². The fourth-order valence-corrected chi connectivity index (χ4v) is 1.97. The maximum Gasteiger partial charge on any atom is 0.314 e. The second kappa shape index (κ2) is 5.84. The highest BCUT2D eigenvalue weighted by Gasteiger charge is 2.16. The third-order valence-corrected chi connectivity index (χ3v) is 3.06. The summed E-state index contributed by atoms with van der Waals surface area (Å²) in [5.41, 5.74) is 1.49. The second-order valence-electron chi connectivity index (χ2n) is 4.67. The molecule has 3 N–H and O–H groups in total. The second-order valence-corrected chi connectivity index (χ2v) is 4.67. The number of fused-ring (bicyclic) bond motifs is 1. The lowest BCUT2D eigenvalue weighted by Gasteiger charge is -2.07. The van der Waals surface area contributed by atoms with E-state index in [1.54, 1.807) is 18.2 Å². The Hall–Kier alpha value is -3.29. The Morgan fingerprint density at radius 1 is 1.00 bits per heavy atom. The van der Waals surface area contributed by atoms with Gasteiger partial charge in [-0.25, -0.2) is 13.8 Å². The van der Waals surface area contributed by atoms with E-state index >= 15 is 0 Å². The Kier molecular flexibility index (Phi) is 3.71. The first kappa shape index (κ1) is 14.6. The first-order valence-corrected chi connectivity index (χ1v) is 6.53. The number of nitrogens with one attached hydrogen (secondary N) is 3. The van der Waals surface area contributed by atoms with Crippen molar-refractivity contribution in [2.45, 2.75) is 0 Å². The van der Waals surface area contributed by atoms with Crippen LogP contribution in [0.1, 0.15) is 0 Å². The van der Waals surface area contributed by atoms with Crippen LogP contribution in [0.15, 0.2) is 42.7 Å². The van der Waals surface area contributed by atoms with E-state index in [4.69, 9.17) is 0 Å². The smallest absolute Gasteiger partial charge is 0.314 e. The van der Waals surface area contributed by atoms with Gasteiger partial charge in [0.05, 0.1) is 23.0 Å². The number of aromatic nitrogens is 2. The van der Waals surface area contributed by atoms with Crippen molar-refractivity contribution in [3.05, 3.63) is 54.4 Å². The van der Waals surface area contributed by atoms with Crippen LogP contribution in [0, 0.1) is 11.6 Å². The van der Waals surface area contributed by atoms with Crippen LogP contribution in [-0.4, -0.2) is 21.8 Å². The number of halogens is 2. The molecule has 8 heteroatoms. The summed E-state index contributed by atoms with van der Waals surface area (Å²) >= 11 is 0. The molecule has 0 spiro atoms. The highest BCUT2D eigenvalue weighted by Crippen LogP contribution is 2.17. The molecule has 0 atom stereocenters. The highest BCUT2D eigenvalue weighted by molar-refractivity contribution is 6.43. The van der Waals surface area contributed by atoms with E-state index in [0.717, 1.165) is 12.1 Å². The Morgan fingerprint density at radius 2 is 1.78 bits per heavy atom. The van der Waals surface area contributed by atoms with Crippen molar-refractivity contribution < 1.29 is 18.4 Å². The van der Waals surface area contributed by atoms with Crippen molar-refractivity contribution in [2.24, 2.45) is 0 Å². The number of nitrogens with zero attached hydrogens (tertiary/aromatic N) is 1. The molecular formula is C15H10F2N4O2. The number of rotatable bonds is 2. The molecule has 23 heavy (non-hydrogen) atoms. The Bertz CT molecular complexity index is 907. The van der Waals surface area contributed by atoms with Gasteiger partial charge in [-0.15, -0.1) is 0 Å². The fraction of sp³-hybridized carbons (Fsp3) is 0. The van der Waals surface area contributed by atoms with Crippen molar-refractivity contribution in [1.82, 2.24) is 9.97 Å². The molecule has 2 amide bonds. The van der Waals surface area contributed by atoms with E-state index < -0.39 is 23.4 Å². The van der Waals surface area contributed by atoms with Gasteiger partial charge in [0.1, 0.15) is 11.6 Å². The number of imidazole rings is 1. The number of aromatic amines is 1. The zero-order valence-electron chi connectivity index (χ0n) is 11.6. The fourth-order valence-electron chi connectivity index (χ4n) is 1.97. The van der Waals surface area contributed by atoms with Crippen LogP contribution in [0.5, 0.6) is 0 Å². The minimum atomic E-state index is -1.07. The minimum absolute atomic E-state index is 0.282. The van der Waals surface area contributed by atoms with E-state index in [0.29, 0.717) is 22.8 Å². The van der Waals surface area contributed by atoms with Crippen molar-refractivity contribution in [3.8, 4) is 0 Å². The van der Waals surface area contributed by atoms with Crippen LogP contribution in [0.2, 0.25) is 0 Å². The molecule has 0 saturated carbocycles. The summed E-state index contributed by atoms with van der Waals surface area (Å²) in [6.07, 6.45) is 1.50. The molecule has 116 valence electrons. The molecule has 0 radical (unpaired) electrons. The van der Waals surface area contributed by atoms with Crippen molar-refractivity contribution in [2.75, 3.05) is 10.6 Å². The standard InChI is InChI=1S/C15H10F2N4O2/c16-8-1-3-11(10(17)5-8)21-15(23)14(22)20-9-2-4-12-13(6-9)19-7-18-12/h1-7H,(H,18,19)(H,20,22)(H,21,23). The lowest BCUT2D eigenvalue weighted by Crippen LogP contribution is -2.29. The zero-order valence-corrected chi connectivity index (χ0v) is 11.6. The number of hydrogen-bond acceptors (Lipinski definition) is 3. The average molecular weight is 316 g/mol. The van der Waals surface area contributed by atoms with Crippen molar-refractivity contribution in [1.29, 1.82) is 0 Å². The molecule has 0 aliphatic heterocycles. The van der Waals surface area contributed by atoms with Gasteiger partial charge in [-0.3, -0.25) is 9.59 Å². The number of hydrogen-bond donors (Lipinski definition) is 3. The summed E-state index contributed by atoms with van der Waals surface area (Å²) in [5.74, 6) is -3.80. The summed E-state index contributed by atoms with van der Waals surface area (Å²) in [5, 5.41) is 4.46. The topological polar surface area (TPSA) is 86.9 Å². The van der Waals surface area contributed by atoms with E-state index in [2.05, 4.69) is 20.6 Å². The lowest BCUT2D eigenvalue weighted by molar-refractivity contribution is -0.133. The van der Waals surface area contributed by atoms with Gasteiger partial charge in [-0.1, -0.05) is 0 Å². The van der Waals surface area contributed by atoms with Gasteiger partial charge in [0, 0.05) is 11.8 Å². The molecule has 0 bridgehead atoms. The Labute approximate surface area is 128 Å². The summed E-state index contributed by atoms with van der Waals surface area (Å²) in [4.78, 5) is 30.5. The summed E-state index contributed by atoms with van der Waals surface area (Å²) in [6.45, 7) is 0. The lowest BCUT2D eigenvalue weighted by atomic mass is 10.2. The molecule has 2 aromatic carbocycles. The third-order valence-electron chi connectivity index (χ3n) is 3.06. The minimum Gasteiger partial charge on any atom is -0.345 e. The number of carbonyl (C=O) groups excluding carboxylic acids is 2. The molecule has 6 nitrogen and oxygen atoms in total. The van der Waals surface area contributed by atoms with Gasteiger partial charge in [0.15, 0.2) is 0 Å². The van der Waals surface area contributed by atoms with Crippen LogP contribution in [0.4, 0.5) is 20.2 Å². The van der Waals surface area contributed by atoms with Crippen LogP contribution in [0.25, 0.3) is 11.0 Å². The summed E-state index contributed by atoms with van der Waals surface area (Å²) < 4.78 is 26.2. The normalized spacial score (nSPS) is 10.5. The first-order chi connectivity index (χ1) is 11.0. The number of carbonyl (C=O) groups is 2. The maximum absolute atomic E-state index is 13.4. The maximum atomic E-state index is 13.4. The van der Waals surface area contributed by atoms with Crippen LogP contribution in [0.3, 0.4) is 0 Å². The number of anilines is 2. The molecule has 0 saturated heterocycles. The van der Waals surface area contributed by atoms with Gasteiger partial charge >= 0.3 is 11.8 Å². The van der Waals surface area contributed by atoms with Gasteiger partial charge in [-0.2, -0.15) is 0 Å². The Balaban J connectivity index is 1.70. The molecule has 1 aromatic heterocycles. The quantitative estimate of drug-likeness (QED) is 0.635. The number of amides is 2. The molecule has 3 rings (SSSR count). The van der Waals surface area contributed by atoms with E-state index in [9.17, 15) is 18.4 Å².